The van der Waals surface area contributed by atoms with Crippen molar-refractivity contribution in [1.29, 1.82) is 0 Å². The fourth-order valence-electron chi connectivity index (χ4n) is 2.31. The van der Waals surface area contributed by atoms with Crippen LogP contribution in [0.2, 0.25) is 0 Å². The van der Waals surface area contributed by atoms with E-state index in [2.05, 4.69) is 5.32 Å². The van der Waals surface area contributed by atoms with Gasteiger partial charge < -0.3 is 14.8 Å². The smallest absolute Gasteiger partial charge is 0.251 e. The molecule has 23 heavy (non-hydrogen) atoms. The van der Waals surface area contributed by atoms with Crippen molar-refractivity contribution in [3.05, 3.63) is 29.8 Å². The lowest BCUT2D eigenvalue weighted by Crippen LogP contribution is -2.40. The number of nitrogens with one attached hydrogen (secondary N) is 1. The molecule has 1 N–H and O–H groups in total. The molecule has 128 valence electrons. The molecular formula is C15H22N2O5S. The Morgan fingerprint density at radius 3 is 2.48 bits per heavy atom. The summed E-state index contributed by atoms with van der Waals surface area (Å²) in [4.78, 5) is 12.2. The SMILES string of the molecule is COC[C@@H](C)NC(=O)c1ccc(S(=O)(=O)N2CCOCC2)cc1. The molecule has 1 aromatic carbocycles. The molecule has 7 nitrogen and oxygen atoms in total. The minimum absolute atomic E-state index is 0.121. The van der Waals surface area contributed by atoms with E-state index in [1.165, 1.54) is 28.6 Å². The Morgan fingerprint density at radius 2 is 1.91 bits per heavy atom. The van der Waals surface area contributed by atoms with Crippen LogP contribution in [0.25, 0.3) is 0 Å². The van der Waals surface area contributed by atoms with Gasteiger partial charge in [-0.1, -0.05) is 0 Å². The second-order valence-electron chi connectivity index (χ2n) is 5.37. The number of ether oxygens (including phenoxy) is 2. The molecule has 1 aliphatic rings. The first-order valence-electron chi connectivity index (χ1n) is 7.43. The molecule has 0 aromatic heterocycles. The number of carbonyl (C=O) groups is 1. The molecule has 0 saturated carbocycles. The molecule has 1 fully saturated rings. The predicted molar refractivity (Wildman–Crippen MR) is 84.8 cm³/mol. The fourth-order valence-corrected chi connectivity index (χ4v) is 3.72. The first-order valence-corrected chi connectivity index (χ1v) is 8.87. The van der Waals surface area contributed by atoms with Gasteiger partial charge in [-0.15, -0.1) is 0 Å². The van der Waals surface area contributed by atoms with E-state index >= 15 is 0 Å². The quantitative estimate of drug-likeness (QED) is 0.812. The summed E-state index contributed by atoms with van der Waals surface area (Å²) in [6.07, 6.45) is 0. The normalized spacial score (nSPS) is 17.7. The number of methoxy groups -OCH3 is 1. The lowest BCUT2D eigenvalue weighted by Gasteiger charge is -2.26. The molecule has 1 heterocycles. The Morgan fingerprint density at radius 1 is 1.30 bits per heavy atom. The van der Waals surface area contributed by atoms with Gasteiger partial charge in [-0.05, 0) is 31.2 Å². The summed E-state index contributed by atoms with van der Waals surface area (Å²) in [5, 5.41) is 2.78. The van der Waals surface area contributed by atoms with E-state index in [-0.39, 0.29) is 16.8 Å². The van der Waals surface area contributed by atoms with Crippen molar-refractivity contribution in [2.45, 2.75) is 17.9 Å². The van der Waals surface area contributed by atoms with Gasteiger partial charge in [0.25, 0.3) is 5.91 Å². The van der Waals surface area contributed by atoms with Gasteiger partial charge in [-0.25, -0.2) is 8.42 Å². The lowest BCUT2D eigenvalue weighted by atomic mass is 10.2. The molecule has 1 atom stereocenters. The van der Waals surface area contributed by atoms with E-state index in [4.69, 9.17) is 9.47 Å². The molecule has 0 unspecified atom stereocenters. The van der Waals surface area contributed by atoms with Crippen LogP contribution < -0.4 is 5.32 Å². The predicted octanol–water partition coefficient (Wildman–Crippen LogP) is 0.472. The zero-order chi connectivity index (χ0) is 16.9. The van der Waals surface area contributed by atoms with Gasteiger partial charge in [0.15, 0.2) is 0 Å². The molecule has 2 rings (SSSR count). The number of benzene rings is 1. The zero-order valence-electron chi connectivity index (χ0n) is 13.3. The molecule has 0 bridgehead atoms. The van der Waals surface area contributed by atoms with Gasteiger partial charge in [0, 0.05) is 31.8 Å². The Hall–Kier alpha value is -1.48. The van der Waals surface area contributed by atoms with Crippen LogP contribution in [0.3, 0.4) is 0 Å². The Labute approximate surface area is 136 Å². The average molecular weight is 342 g/mol. The Kier molecular flexibility index (Phi) is 6.11. The molecule has 0 radical (unpaired) electrons. The van der Waals surface area contributed by atoms with Gasteiger partial charge in [-0.3, -0.25) is 4.79 Å². The molecule has 1 amide bonds. The first-order chi connectivity index (χ1) is 10.9. The summed E-state index contributed by atoms with van der Waals surface area (Å²) >= 11 is 0. The molecule has 8 heteroatoms. The summed E-state index contributed by atoms with van der Waals surface area (Å²) in [7, 11) is -1.97. The zero-order valence-corrected chi connectivity index (χ0v) is 14.1. The lowest BCUT2D eigenvalue weighted by molar-refractivity contribution is 0.0730. The molecule has 1 aromatic rings. The molecule has 0 spiro atoms. The van der Waals surface area contributed by atoms with E-state index in [0.29, 0.717) is 38.5 Å². The summed E-state index contributed by atoms with van der Waals surface area (Å²) in [6.45, 7) is 3.74. The standard InChI is InChI=1S/C15H22N2O5S/c1-12(11-21-2)16-15(18)13-3-5-14(6-4-13)23(19,20)17-7-9-22-10-8-17/h3-6,12H,7-11H2,1-2H3,(H,16,18)/t12-/m1/s1. The molecule has 1 aliphatic heterocycles. The highest BCUT2D eigenvalue weighted by molar-refractivity contribution is 7.89. The van der Waals surface area contributed by atoms with Crippen molar-refractivity contribution in [3.8, 4) is 0 Å². The highest BCUT2D eigenvalue weighted by Crippen LogP contribution is 2.17. The van der Waals surface area contributed by atoms with E-state index in [1.807, 2.05) is 6.92 Å². The van der Waals surface area contributed by atoms with Gasteiger partial charge in [0.2, 0.25) is 10.0 Å². The van der Waals surface area contributed by atoms with E-state index < -0.39 is 10.0 Å². The second-order valence-corrected chi connectivity index (χ2v) is 7.31. The maximum atomic E-state index is 12.5. The van der Waals surface area contributed by atoms with Crippen molar-refractivity contribution in [2.24, 2.45) is 0 Å². The maximum Gasteiger partial charge on any atom is 0.251 e. The highest BCUT2D eigenvalue weighted by Gasteiger charge is 2.26. The second kappa shape index (κ2) is 7.87. The highest BCUT2D eigenvalue weighted by atomic mass is 32.2. The van der Waals surface area contributed by atoms with Crippen molar-refractivity contribution in [1.82, 2.24) is 9.62 Å². The Bertz CT molecular complexity index is 624. The Balaban J connectivity index is 2.08. The van der Waals surface area contributed by atoms with Crippen LogP contribution in [-0.4, -0.2) is 64.7 Å². The van der Waals surface area contributed by atoms with Crippen LogP contribution in [0, 0.1) is 0 Å². The van der Waals surface area contributed by atoms with Crippen LogP contribution in [0.1, 0.15) is 17.3 Å². The summed E-state index contributed by atoms with van der Waals surface area (Å²) in [5.74, 6) is -0.259. The first kappa shape index (κ1) is 17.9. The third-order valence-electron chi connectivity index (χ3n) is 3.52. The maximum absolute atomic E-state index is 12.5. The largest absolute Gasteiger partial charge is 0.383 e. The number of hydrogen-bond acceptors (Lipinski definition) is 5. The van der Waals surface area contributed by atoms with Gasteiger partial charge in [-0.2, -0.15) is 4.31 Å². The van der Waals surface area contributed by atoms with E-state index in [0.717, 1.165) is 0 Å². The molecule has 1 saturated heterocycles. The minimum Gasteiger partial charge on any atom is -0.383 e. The number of sulfonamides is 1. The van der Waals surface area contributed by atoms with Crippen LogP contribution >= 0.6 is 0 Å². The van der Waals surface area contributed by atoms with Crippen LogP contribution in [0.4, 0.5) is 0 Å². The average Bonchev–Trinajstić information content (AvgIpc) is 2.56. The summed E-state index contributed by atoms with van der Waals surface area (Å²) < 4.78 is 36.5. The number of nitrogens with zero attached hydrogens (tertiary/aromatic N) is 1. The van der Waals surface area contributed by atoms with Gasteiger partial charge >= 0.3 is 0 Å². The number of morpholine rings is 1. The number of rotatable bonds is 6. The summed E-state index contributed by atoms with van der Waals surface area (Å²) in [6, 6.07) is 5.83. The van der Waals surface area contributed by atoms with Gasteiger partial charge in [0.1, 0.15) is 0 Å². The summed E-state index contributed by atoms with van der Waals surface area (Å²) in [5.41, 5.74) is 0.411. The molecule has 0 aliphatic carbocycles. The third kappa shape index (κ3) is 4.51. The van der Waals surface area contributed by atoms with E-state index in [1.54, 1.807) is 7.11 Å². The number of amides is 1. The van der Waals surface area contributed by atoms with Crippen LogP contribution in [0.15, 0.2) is 29.2 Å². The third-order valence-corrected chi connectivity index (χ3v) is 5.43. The monoisotopic (exact) mass is 342 g/mol. The topological polar surface area (TPSA) is 84.9 Å². The van der Waals surface area contributed by atoms with Crippen molar-refractivity contribution >= 4 is 15.9 Å². The van der Waals surface area contributed by atoms with Crippen molar-refractivity contribution in [3.63, 3.8) is 0 Å². The van der Waals surface area contributed by atoms with Crippen molar-refractivity contribution in [2.75, 3.05) is 40.0 Å². The van der Waals surface area contributed by atoms with E-state index in [9.17, 15) is 13.2 Å². The van der Waals surface area contributed by atoms with Crippen molar-refractivity contribution < 1.29 is 22.7 Å². The number of hydrogen-bond donors (Lipinski definition) is 1. The van der Waals surface area contributed by atoms with Crippen LogP contribution in [-0.2, 0) is 19.5 Å². The fraction of sp³-hybridized carbons (Fsp3) is 0.533. The van der Waals surface area contributed by atoms with Gasteiger partial charge in [0.05, 0.1) is 24.7 Å². The molecular weight excluding hydrogens is 320 g/mol. The minimum atomic E-state index is -3.53. The van der Waals surface area contributed by atoms with Crippen LogP contribution in [0.5, 0.6) is 0 Å². The number of carbonyl (C=O) groups excluding carboxylic acids is 1.